The van der Waals surface area contributed by atoms with E-state index in [4.69, 9.17) is 0 Å². The highest BCUT2D eigenvalue weighted by Crippen LogP contribution is 2.29. The highest BCUT2D eigenvalue weighted by Gasteiger charge is 2.25. The van der Waals surface area contributed by atoms with Crippen molar-refractivity contribution in [1.29, 1.82) is 0 Å². The van der Waals surface area contributed by atoms with Gasteiger partial charge in [-0.1, -0.05) is 12.8 Å². The highest BCUT2D eigenvalue weighted by atomic mass is 16.3. The zero-order chi connectivity index (χ0) is 9.80. The molecule has 2 atom stereocenters. The van der Waals surface area contributed by atoms with Gasteiger partial charge >= 0.3 is 0 Å². The Morgan fingerprint density at radius 2 is 1.86 bits per heavy atom. The van der Waals surface area contributed by atoms with Crippen molar-refractivity contribution < 1.29 is 5.11 Å². The molecule has 1 saturated heterocycles. The van der Waals surface area contributed by atoms with Crippen LogP contribution in [0.4, 0.5) is 0 Å². The molecule has 1 aliphatic carbocycles. The molecule has 2 fully saturated rings. The molecule has 2 aliphatic rings. The van der Waals surface area contributed by atoms with Crippen molar-refractivity contribution in [3.63, 3.8) is 0 Å². The highest BCUT2D eigenvalue weighted by molar-refractivity contribution is 4.84. The number of hydrogen-bond donors (Lipinski definition) is 3. The lowest BCUT2D eigenvalue weighted by atomic mass is 9.79. The quantitative estimate of drug-likeness (QED) is 0.610. The molecule has 1 aliphatic heterocycles. The van der Waals surface area contributed by atoms with Gasteiger partial charge in [-0.25, -0.2) is 0 Å². The summed E-state index contributed by atoms with van der Waals surface area (Å²) in [5.41, 5.74) is 0. The summed E-state index contributed by atoms with van der Waals surface area (Å²) in [6.07, 6.45) is 5.20. The maximum Gasteiger partial charge on any atom is 0.0462 e. The van der Waals surface area contributed by atoms with Crippen molar-refractivity contribution in [2.75, 3.05) is 26.2 Å². The molecule has 1 heterocycles. The molecule has 1 saturated carbocycles. The van der Waals surface area contributed by atoms with E-state index in [0.717, 1.165) is 19.6 Å². The van der Waals surface area contributed by atoms with Gasteiger partial charge in [-0.3, -0.25) is 0 Å². The van der Waals surface area contributed by atoms with E-state index in [1.54, 1.807) is 0 Å². The maximum atomic E-state index is 9.26. The number of nitrogens with one attached hydrogen (secondary N) is 2. The Hall–Kier alpha value is -0.120. The molecule has 3 N–H and O–H groups in total. The Morgan fingerprint density at radius 1 is 1.14 bits per heavy atom. The van der Waals surface area contributed by atoms with Gasteiger partial charge in [0.1, 0.15) is 0 Å². The minimum Gasteiger partial charge on any atom is -0.396 e. The molecule has 0 aromatic carbocycles. The average Bonchev–Trinajstić information content (AvgIpc) is 2.16. The molecule has 0 spiro atoms. The van der Waals surface area contributed by atoms with Crippen LogP contribution >= 0.6 is 0 Å². The van der Waals surface area contributed by atoms with E-state index in [1.165, 1.54) is 25.7 Å². The van der Waals surface area contributed by atoms with Gasteiger partial charge in [-0.15, -0.1) is 0 Å². The van der Waals surface area contributed by atoms with Crippen molar-refractivity contribution in [2.24, 2.45) is 11.8 Å². The smallest absolute Gasteiger partial charge is 0.0462 e. The van der Waals surface area contributed by atoms with Gasteiger partial charge in [-0.2, -0.15) is 0 Å². The predicted molar refractivity (Wildman–Crippen MR) is 57.2 cm³/mol. The second-order valence-corrected chi connectivity index (χ2v) is 4.75. The van der Waals surface area contributed by atoms with Crippen molar-refractivity contribution in [1.82, 2.24) is 10.6 Å². The van der Waals surface area contributed by atoms with Crippen LogP contribution in [-0.2, 0) is 0 Å². The summed E-state index contributed by atoms with van der Waals surface area (Å²) < 4.78 is 0. The fraction of sp³-hybridized carbons (Fsp3) is 1.00. The molecule has 2 unspecified atom stereocenters. The van der Waals surface area contributed by atoms with Gasteiger partial charge in [0.2, 0.25) is 0 Å². The van der Waals surface area contributed by atoms with Crippen LogP contribution < -0.4 is 10.6 Å². The molecule has 0 aromatic rings. The molecule has 0 radical (unpaired) electrons. The third-order valence-corrected chi connectivity index (χ3v) is 3.75. The maximum absolute atomic E-state index is 9.26. The lowest BCUT2D eigenvalue weighted by Gasteiger charge is -2.34. The van der Waals surface area contributed by atoms with Crippen LogP contribution in [0.1, 0.15) is 25.7 Å². The summed E-state index contributed by atoms with van der Waals surface area (Å²) in [7, 11) is 0. The number of rotatable bonds is 4. The van der Waals surface area contributed by atoms with Crippen LogP contribution in [0.2, 0.25) is 0 Å². The van der Waals surface area contributed by atoms with Crippen LogP contribution in [0.25, 0.3) is 0 Å². The largest absolute Gasteiger partial charge is 0.396 e. The van der Waals surface area contributed by atoms with Gasteiger partial charge in [-0.05, 0) is 31.2 Å². The second kappa shape index (κ2) is 5.10. The fourth-order valence-electron chi connectivity index (χ4n) is 2.54. The van der Waals surface area contributed by atoms with Crippen molar-refractivity contribution >= 4 is 0 Å². The van der Waals surface area contributed by atoms with Crippen LogP contribution in [-0.4, -0.2) is 37.4 Å². The minimum absolute atomic E-state index is 0.384. The fourth-order valence-corrected chi connectivity index (χ4v) is 2.54. The minimum atomic E-state index is 0.384. The molecule has 3 heteroatoms. The third-order valence-electron chi connectivity index (χ3n) is 3.75. The summed E-state index contributed by atoms with van der Waals surface area (Å²) in [4.78, 5) is 0. The predicted octanol–water partition coefficient (Wildman–Crippen LogP) is 0.347. The molecule has 0 aromatic heterocycles. The first kappa shape index (κ1) is 10.4. The number of aliphatic hydroxyl groups is 1. The Balaban J connectivity index is 1.70. The van der Waals surface area contributed by atoms with Crippen LogP contribution in [0.5, 0.6) is 0 Å². The summed E-state index contributed by atoms with van der Waals surface area (Å²) in [5.74, 6) is 1.28. The first-order valence-corrected chi connectivity index (χ1v) is 5.95. The van der Waals surface area contributed by atoms with Crippen LogP contribution in [0.15, 0.2) is 0 Å². The lowest BCUT2D eigenvalue weighted by molar-refractivity contribution is 0.129. The molecule has 3 nitrogen and oxygen atoms in total. The average molecular weight is 198 g/mol. The van der Waals surface area contributed by atoms with Crippen LogP contribution in [0.3, 0.4) is 0 Å². The summed E-state index contributed by atoms with van der Waals surface area (Å²) in [5, 5.41) is 16.1. The molecule has 0 bridgehead atoms. The lowest BCUT2D eigenvalue weighted by Crippen LogP contribution is -2.56. The van der Waals surface area contributed by atoms with Crippen LogP contribution in [0, 0.1) is 11.8 Å². The Kier molecular flexibility index (Phi) is 3.79. The zero-order valence-corrected chi connectivity index (χ0v) is 8.84. The van der Waals surface area contributed by atoms with E-state index in [-0.39, 0.29) is 0 Å². The molecule has 82 valence electrons. The summed E-state index contributed by atoms with van der Waals surface area (Å²) in [6, 6.07) is 0.691. The molecular weight excluding hydrogens is 176 g/mol. The van der Waals surface area contributed by atoms with E-state index >= 15 is 0 Å². The van der Waals surface area contributed by atoms with E-state index in [2.05, 4.69) is 10.6 Å². The first-order valence-electron chi connectivity index (χ1n) is 5.95. The first-order chi connectivity index (χ1) is 6.90. The Morgan fingerprint density at radius 3 is 2.43 bits per heavy atom. The third kappa shape index (κ3) is 2.47. The summed E-state index contributed by atoms with van der Waals surface area (Å²) >= 11 is 0. The number of hydrogen-bond acceptors (Lipinski definition) is 3. The standard InChI is InChI=1S/C11H22N2O/c14-8-10-4-2-1-3-9(10)5-13-11-6-12-7-11/h9-14H,1-8H2. The van der Waals surface area contributed by atoms with E-state index in [9.17, 15) is 5.11 Å². The van der Waals surface area contributed by atoms with E-state index in [1.807, 2.05) is 0 Å². The topological polar surface area (TPSA) is 44.3 Å². The Labute approximate surface area is 86.3 Å². The second-order valence-electron chi connectivity index (χ2n) is 4.75. The van der Waals surface area contributed by atoms with Gasteiger partial charge in [0.15, 0.2) is 0 Å². The molecular formula is C11H22N2O. The molecule has 0 amide bonds. The number of aliphatic hydroxyl groups excluding tert-OH is 1. The Bertz CT molecular complexity index is 171. The monoisotopic (exact) mass is 198 g/mol. The van der Waals surface area contributed by atoms with Crippen molar-refractivity contribution in [3.05, 3.63) is 0 Å². The molecule has 14 heavy (non-hydrogen) atoms. The van der Waals surface area contributed by atoms with Gasteiger partial charge in [0.05, 0.1) is 0 Å². The van der Waals surface area contributed by atoms with Gasteiger partial charge in [0, 0.05) is 25.7 Å². The summed E-state index contributed by atoms with van der Waals surface area (Å²) in [6.45, 7) is 3.74. The SMILES string of the molecule is OCC1CCCCC1CNC1CNC1. The normalized spacial score (nSPS) is 34.1. The molecule has 2 rings (SSSR count). The van der Waals surface area contributed by atoms with Gasteiger partial charge in [0.25, 0.3) is 0 Å². The van der Waals surface area contributed by atoms with Crippen molar-refractivity contribution in [3.8, 4) is 0 Å². The zero-order valence-electron chi connectivity index (χ0n) is 8.84. The van der Waals surface area contributed by atoms with E-state index < -0.39 is 0 Å². The van der Waals surface area contributed by atoms with Gasteiger partial charge < -0.3 is 15.7 Å². The van der Waals surface area contributed by atoms with Crippen molar-refractivity contribution in [2.45, 2.75) is 31.7 Å². The van der Waals surface area contributed by atoms with E-state index in [0.29, 0.717) is 24.5 Å².